The molecule has 0 aliphatic carbocycles. The van der Waals surface area contributed by atoms with Crippen LogP contribution >= 0.6 is 0 Å². The van der Waals surface area contributed by atoms with Gasteiger partial charge in [0.2, 0.25) is 0 Å². The van der Waals surface area contributed by atoms with E-state index in [1.807, 2.05) is 23.0 Å². The van der Waals surface area contributed by atoms with E-state index in [4.69, 9.17) is 0 Å². The van der Waals surface area contributed by atoms with E-state index in [1.54, 1.807) is 41.6 Å². The van der Waals surface area contributed by atoms with E-state index in [1.165, 1.54) is 6.92 Å². The van der Waals surface area contributed by atoms with E-state index in [0.717, 1.165) is 24.1 Å². The Balaban J connectivity index is 1.33. The van der Waals surface area contributed by atoms with Crippen LogP contribution in [0.2, 0.25) is 0 Å². The maximum absolute atomic E-state index is 12.5. The first-order valence-electron chi connectivity index (χ1n) is 9.59. The maximum Gasteiger partial charge on any atom is 0.321 e. The van der Waals surface area contributed by atoms with Gasteiger partial charge in [-0.15, -0.1) is 5.10 Å². The number of nitrogens with one attached hydrogen (secondary N) is 1. The number of pyridine rings is 1. The number of hydrogen-bond acceptors (Lipinski definition) is 5. The van der Waals surface area contributed by atoms with Crippen molar-refractivity contribution in [3.8, 4) is 11.3 Å². The Morgan fingerprint density at radius 1 is 1.10 bits per heavy atom. The number of aromatic nitrogens is 4. The molecule has 0 radical (unpaired) electrons. The summed E-state index contributed by atoms with van der Waals surface area (Å²) in [7, 11) is 0. The molecule has 3 heterocycles. The normalized spacial score (nSPS) is 14.6. The summed E-state index contributed by atoms with van der Waals surface area (Å²) in [5, 5.41) is 11.4. The second-order valence-electron chi connectivity index (χ2n) is 7.11. The van der Waals surface area contributed by atoms with Gasteiger partial charge in [-0.2, -0.15) is 0 Å². The molecule has 0 spiro atoms. The number of hydrogen-bond donors (Lipinski definition) is 1. The summed E-state index contributed by atoms with van der Waals surface area (Å²) in [6.45, 7) is 2.81. The van der Waals surface area contributed by atoms with E-state index in [-0.39, 0.29) is 17.9 Å². The molecular weight excluding hydrogens is 368 g/mol. The van der Waals surface area contributed by atoms with Crippen molar-refractivity contribution in [2.45, 2.75) is 25.8 Å². The predicted molar refractivity (Wildman–Crippen MR) is 109 cm³/mol. The summed E-state index contributed by atoms with van der Waals surface area (Å²) in [6, 6.07) is 10.8. The second kappa shape index (κ2) is 8.22. The summed E-state index contributed by atoms with van der Waals surface area (Å²) in [4.78, 5) is 29.8. The lowest BCUT2D eigenvalue weighted by Crippen LogP contribution is -2.41. The van der Waals surface area contributed by atoms with Crippen molar-refractivity contribution in [2.75, 3.05) is 18.4 Å². The van der Waals surface area contributed by atoms with Crippen molar-refractivity contribution >= 4 is 17.5 Å². The van der Waals surface area contributed by atoms with Gasteiger partial charge in [0.15, 0.2) is 5.78 Å². The van der Waals surface area contributed by atoms with Crippen LogP contribution in [0.1, 0.15) is 36.2 Å². The molecule has 4 rings (SSSR count). The van der Waals surface area contributed by atoms with Gasteiger partial charge in [-0.05, 0) is 56.2 Å². The number of ketones is 1. The van der Waals surface area contributed by atoms with Crippen LogP contribution < -0.4 is 5.32 Å². The standard InChI is InChI=1S/C21H22N6O2/c1-15(28)16-4-6-18(7-5-16)23-21(29)26-11-8-19(9-12-26)27-14-20(24-25-27)17-3-2-10-22-13-17/h2-7,10,13-14,19H,8-9,11-12H2,1H3,(H,23,29). The topological polar surface area (TPSA) is 93.0 Å². The Labute approximate surface area is 168 Å². The van der Waals surface area contributed by atoms with Crippen LogP contribution in [0, 0.1) is 0 Å². The van der Waals surface area contributed by atoms with Gasteiger partial charge in [0, 0.05) is 42.3 Å². The van der Waals surface area contributed by atoms with Gasteiger partial charge in [0.25, 0.3) is 0 Å². The molecule has 0 bridgehead atoms. The fourth-order valence-corrected chi connectivity index (χ4v) is 3.43. The van der Waals surface area contributed by atoms with Crippen molar-refractivity contribution in [2.24, 2.45) is 0 Å². The lowest BCUT2D eigenvalue weighted by atomic mass is 10.1. The molecule has 8 nitrogen and oxygen atoms in total. The van der Waals surface area contributed by atoms with E-state index in [0.29, 0.717) is 24.3 Å². The largest absolute Gasteiger partial charge is 0.324 e. The third-order valence-corrected chi connectivity index (χ3v) is 5.14. The van der Waals surface area contributed by atoms with Gasteiger partial charge in [0.05, 0.1) is 12.2 Å². The highest BCUT2D eigenvalue weighted by molar-refractivity contribution is 5.95. The molecule has 2 aromatic heterocycles. The minimum atomic E-state index is -0.131. The zero-order valence-electron chi connectivity index (χ0n) is 16.2. The SMILES string of the molecule is CC(=O)c1ccc(NC(=O)N2CCC(n3cc(-c4cccnc4)nn3)CC2)cc1. The smallest absolute Gasteiger partial charge is 0.321 e. The van der Waals surface area contributed by atoms with Crippen molar-refractivity contribution < 1.29 is 9.59 Å². The van der Waals surface area contributed by atoms with Crippen LogP contribution in [-0.4, -0.2) is 49.8 Å². The quantitative estimate of drug-likeness (QED) is 0.689. The van der Waals surface area contributed by atoms with Crippen molar-refractivity contribution in [3.63, 3.8) is 0 Å². The van der Waals surface area contributed by atoms with Crippen LogP contribution in [0.4, 0.5) is 10.5 Å². The van der Waals surface area contributed by atoms with Gasteiger partial charge in [-0.25, -0.2) is 9.48 Å². The van der Waals surface area contributed by atoms with Gasteiger partial charge in [0.1, 0.15) is 5.69 Å². The third-order valence-electron chi connectivity index (χ3n) is 5.14. The monoisotopic (exact) mass is 390 g/mol. The zero-order chi connectivity index (χ0) is 20.2. The first kappa shape index (κ1) is 18.8. The lowest BCUT2D eigenvalue weighted by molar-refractivity contribution is 0.101. The molecule has 0 saturated carbocycles. The van der Waals surface area contributed by atoms with Gasteiger partial charge in [-0.1, -0.05) is 5.21 Å². The van der Waals surface area contributed by atoms with E-state index in [2.05, 4.69) is 20.6 Å². The molecule has 1 aromatic carbocycles. The summed E-state index contributed by atoms with van der Waals surface area (Å²) < 4.78 is 1.89. The highest BCUT2D eigenvalue weighted by Crippen LogP contribution is 2.24. The number of piperidine rings is 1. The molecular formula is C21H22N6O2. The highest BCUT2D eigenvalue weighted by atomic mass is 16.2. The van der Waals surface area contributed by atoms with E-state index < -0.39 is 0 Å². The van der Waals surface area contributed by atoms with Crippen LogP contribution in [-0.2, 0) is 0 Å². The second-order valence-corrected chi connectivity index (χ2v) is 7.11. The molecule has 29 heavy (non-hydrogen) atoms. The minimum Gasteiger partial charge on any atom is -0.324 e. The fraction of sp³-hybridized carbons (Fsp3) is 0.286. The summed E-state index contributed by atoms with van der Waals surface area (Å²) >= 11 is 0. The average Bonchev–Trinajstić information content (AvgIpc) is 3.25. The Morgan fingerprint density at radius 3 is 2.52 bits per heavy atom. The first-order chi connectivity index (χ1) is 14.1. The molecule has 148 valence electrons. The number of amides is 2. The number of rotatable bonds is 4. The number of Topliss-reactive ketones (excluding diaryl/α,β-unsaturated/α-hetero) is 1. The average molecular weight is 390 g/mol. The van der Waals surface area contributed by atoms with Crippen LogP contribution in [0.15, 0.2) is 55.0 Å². The molecule has 1 aliphatic heterocycles. The molecule has 1 aliphatic rings. The Hall–Kier alpha value is -3.55. The molecule has 8 heteroatoms. The number of carbonyl (C=O) groups is 2. The van der Waals surface area contributed by atoms with Crippen LogP contribution in [0.3, 0.4) is 0 Å². The molecule has 0 unspecified atom stereocenters. The third kappa shape index (κ3) is 4.31. The maximum atomic E-state index is 12.5. The fourth-order valence-electron chi connectivity index (χ4n) is 3.43. The van der Waals surface area contributed by atoms with Crippen molar-refractivity contribution in [1.29, 1.82) is 0 Å². The Morgan fingerprint density at radius 2 is 1.86 bits per heavy atom. The molecule has 2 amide bonds. The molecule has 1 N–H and O–H groups in total. The Kier molecular flexibility index (Phi) is 5.33. The summed E-state index contributed by atoms with van der Waals surface area (Å²) in [6.07, 6.45) is 7.06. The summed E-state index contributed by atoms with van der Waals surface area (Å²) in [5.41, 5.74) is 3.04. The van der Waals surface area contributed by atoms with Crippen molar-refractivity contribution in [1.82, 2.24) is 24.9 Å². The molecule has 1 fully saturated rings. The molecule has 1 saturated heterocycles. The Bertz CT molecular complexity index is 992. The number of benzene rings is 1. The minimum absolute atomic E-state index is 0.00439. The predicted octanol–water partition coefficient (Wildman–Crippen LogP) is 3.41. The number of nitrogens with zero attached hydrogens (tertiary/aromatic N) is 5. The number of carbonyl (C=O) groups excluding carboxylic acids is 2. The van der Waals surface area contributed by atoms with Crippen LogP contribution in [0.5, 0.6) is 0 Å². The summed E-state index contributed by atoms with van der Waals surface area (Å²) in [5.74, 6) is 0.00439. The van der Waals surface area contributed by atoms with Crippen LogP contribution in [0.25, 0.3) is 11.3 Å². The zero-order valence-corrected chi connectivity index (χ0v) is 16.2. The van der Waals surface area contributed by atoms with E-state index >= 15 is 0 Å². The highest BCUT2D eigenvalue weighted by Gasteiger charge is 2.25. The van der Waals surface area contributed by atoms with E-state index in [9.17, 15) is 9.59 Å². The van der Waals surface area contributed by atoms with Crippen molar-refractivity contribution in [3.05, 3.63) is 60.6 Å². The van der Waals surface area contributed by atoms with Gasteiger partial charge in [-0.3, -0.25) is 9.78 Å². The number of anilines is 1. The number of urea groups is 1. The van der Waals surface area contributed by atoms with Gasteiger partial charge < -0.3 is 10.2 Å². The molecule has 3 aromatic rings. The first-order valence-corrected chi connectivity index (χ1v) is 9.59. The molecule has 0 atom stereocenters. The van der Waals surface area contributed by atoms with Gasteiger partial charge >= 0.3 is 6.03 Å². The number of likely N-dealkylation sites (tertiary alicyclic amines) is 1. The lowest BCUT2D eigenvalue weighted by Gasteiger charge is -2.31.